The summed E-state index contributed by atoms with van der Waals surface area (Å²) in [6, 6.07) is 10.9. The smallest absolute Gasteiger partial charge is 0.338 e. The first-order chi connectivity index (χ1) is 10.9. The van der Waals surface area contributed by atoms with Crippen molar-refractivity contribution in [3.63, 3.8) is 0 Å². The van der Waals surface area contributed by atoms with E-state index in [9.17, 15) is 9.59 Å². The number of hydrogen-bond acceptors (Lipinski definition) is 3. The van der Waals surface area contributed by atoms with E-state index in [1.807, 2.05) is 39.0 Å². The molecule has 0 spiro atoms. The van der Waals surface area contributed by atoms with Gasteiger partial charge in [-0.15, -0.1) is 0 Å². The highest BCUT2D eigenvalue weighted by molar-refractivity contribution is 9.10. The second-order valence-corrected chi connectivity index (χ2v) is 6.26. The lowest BCUT2D eigenvalue weighted by molar-refractivity contribution is -0.119. The minimum absolute atomic E-state index is 0.318. The lowest BCUT2D eigenvalue weighted by Gasteiger charge is -2.11. The Morgan fingerprint density at radius 1 is 1.09 bits per heavy atom. The quantitative estimate of drug-likeness (QED) is 0.815. The van der Waals surface area contributed by atoms with Crippen LogP contribution in [0, 0.1) is 20.8 Å². The van der Waals surface area contributed by atoms with Crippen molar-refractivity contribution in [3.8, 4) is 0 Å². The van der Waals surface area contributed by atoms with Gasteiger partial charge < -0.3 is 10.1 Å². The third-order valence-corrected chi connectivity index (χ3v) is 4.22. The summed E-state index contributed by atoms with van der Waals surface area (Å²) in [6.45, 7) is 5.42. The second kappa shape index (κ2) is 7.42. The molecule has 0 radical (unpaired) electrons. The minimum Gasteiger partial charge on any atom is -0.452 e. The number of aryl methyl sites for hydroxylation is 3. The average molecular weight is 376 g/mol. The normalized spacial score (nSPS) is 10.3. The molecule has 0 saturated carbocycles. The Morgan fingerprint density at radius 2 is 1.83 bits per heavy atom. The van der Waals surface area contributed by atoms with Crippen LogP contribution in [0.3, 0.4) is 0 Å². The minimum atomic E-state index is -0.507. The van der Waals surface area contributed by atoms with Gasteiger partial charge in [0.25, 0.3) is 5.91 Å². The van der Waals surface area contributed by atoms with Gasteiger partial charge in [-0.05, 0) is 56.2 Å². The molecule has 0 atom stereocenters. The van der Waals surface area contributed by atoms with Crippen LogP contribution in [0.25, 0.3) is 0 Å². The molecule has 0 saturated heterocycles. The molecule has 1 amide bonds. The Morgan fingerprint density at radius 3 is 2.52 bits per heavy atom. The van der Waals surface area contributed by atoms with Gasteiger partial charge >= 0.3 is 5.97 Å². The molecule has 4 nitrogen and oxygen atoms in total. The van der Waals surface area contributed by atoms with Gasteiger partial charge in [0.05, 0.1) is 5.56 Å². The number of hydrogen-bond donors (Lipinski definition) is 1. The highest BCUT2D eigenvalue weighted by Gasteiger charge is 2.12. The summed E-state index contributed by atoms with van der Waals surface area (Å²) in [7, 11) is 0. The molecule has 0 bridgehead atoms. The van der Waals surface area contributed by atoms with Crippen LogP contribution in [0.2, 0.25) is 0 Å². The molecule has 2 aromatic rings. The summed E-state index contributed by atoms with van der Waals surface area (Å²) in [5.41, 5.74) is 4.06. The molecule has 0 unspecified atom stereocenters. The first kappa shape index (κ1) is 17.2. The predicted molar refractivity (Wildman–Crippen MR) is 93.7 cm³/mol. The fourth-order valence-electron chi connectivity index (χ4n) is 2.09. The summed E-state index contributed by atoms with van der Waals surface area (Å²) in [4.78, 5) is 23.9. The third-order valence-electron chi connectivity index (χ3n) is 3.37. The topological polar surface area (TPSA) is 55.4 Å². The molecule has 0 aliphatic carbocycles. The fourth-order valence-corrected chi connectivity index (χ4v) is 2.55. The van der Waals surface area contributed by atoms with E-state index < -0.39 is 5.97 Å². The number of esters is 1. The number of halogens is 1. The summed E-state index contributed by atoms with van der Waals surface area (Å²) >= 11 is 3.45. The van der Waals surface area contributed by atoms with Gasteiger partial charge in [0, 0.05) is 10.2 Å². The molecular formula is C18H18BrNO3. The van der Waals surface area contributed by atoms with Crippen molar-refractivity contribution >= 4 is 33.5 Å². The van der Waals surface area contributed by atoms with Crippen LogP contribution in [-0.2, 0) is 9.53 Å². The lowest BCUT2D eigenvalue weighted by atomic mass is 10.1. The van der Waals surface area contributed by atoms with Gasteiger partial charge in [0.15, 0.2) is 6.61 Å². The molecular weight excluding hydrogens is 358 g/mol. The number of rotatable bonds is 4. The summed E-state index contributed by atoms with van der Waals surface area (Å²) in [5.74, 6) is -0.872. The summed E-state index contributed by atoms with van der Waals surface area (Å²) in [5, 5.41) is 2.76. The van der Waals surface area contributed by atoms with Crippen molar-refractivity contribution in [1.82, 2.24) is 0 Å². The molecule has 120 valence electrons. The first-order valence-corrected chi connectivity index (χ1v) is 7.96. The van der Waals surface area contributed by atoms with Gasteiger partial charge in [0.1, 0.15) is 0 Å². The van der Waals surface area contributed by atoms with Gasteiger partial charge in [-0.25, -0.2) is 4.79 Å². The van der Waals surface area contributed by atoms with Crippen molar-refractivity contribution in [1.29, 1.82) is 0 Å². The van der Waals surface area contributed by atoms with E-state index in [2.05, 4.69) is 21.2 Å². The third kappa shape index (κ3) is 4.66. The zero-order chi connectivity index (χ0) is 17.0. The van der Waals surface area contributed by atoms with Crippen molar-refractivity contribution in [3.05, 3.63) is 63.1 Å². The Hall–Kier alpha value is -2.14. The monoisotopic (exact) mass is 375 g/mol. The Labute approximate surface area is 144 Å². The zero-order valence-electron chi connectivity index (χ0n) is 13.3. The van der Waals surface area contributed by atoms with Gasteiger partial charge in [-0.3, -0.25) is 4.79 Å². The fraction of sp³-hybridized carbons (Fsp3) is 0.222. The molecule has 0 heterocycles. The molecule has 5 heteroatoms. The van der Waals surface area contributed by atoms with Crippen LogP contribution < -0.4 is 5.32 Å². The van der Waals surface area contributed by atoms with E-state index in [1.54, 1.807) is 18.2 Å². The van der Waals surface area contributed by atoms with Crippen LogP contribution in [0.1, 0.15) is 27.0 Å². The van der Waals surface area contributed by atoms with Gasteiger partial charge in [0.2, 0.25) is 0 Å². The number of amides is 1. The number of carbonyl (C=O) groups excluding carboxylic acids is 2. The molecule has 2 rings (SSSR count). The van der Waals surface area contributed by atoms with Crippen LogP contribution >= 0.6 is 15.9 Å². The van der Waals surface area contributed by atoms with Crippen molar-refractivity contribution in [2.75, 3.05) is 11.9 Å². The number of carbonyl (C=O) groups is 2. The number of ether oxygens (including phenoxy) is 1. The predicted octanol–water partition coefficient (Wildman–Crippen LogP) is 4.17. The van der Waals surface area contributed by atoms with Crippen LogP contribution in [0.4, 0.5) is 5.69 Å². The molecule has 0 aliphatic rings. The van der Waals surface area contributed by atoms with E-state index >= 15 is 0 Å². The number of benzene rings is 2. The average Bonchev–Trinajstić information content (AvgIpc) is 2.50. The molecule has 0 aliphatic heterocycles. The summed E-state index contributed by atoms with van der Waals surface area (Å²) in [6.07, 6.45) is 0. The maximum absolute atomic E-state index is 12.0. The molecule has 2 aromatic carbocycles. The maximum atomic E-state index is 12.0. The van der Waals surface area contributed by atoms with Crippen molar-refractivity contribution in [2.24, 2.45) is 0 Å². The Kier molecular flexibility index (Phi) is 5.55. The Balaban J connectivity index is 1.95. The van der Waals surface area contributed by atoms with Gasteiger partial charge in [-0.2, -0.15) is 0 Å². The van der Waals surface area contributed by atoms with Crippen LogP contribution in [-0.4, -0.2) is 18.5 Å². The van der Waals surface area contributed by atoms with Crippen LogP contribution in [0.15, 0.2) is 40.9 Å². The molecule has 1 N–H and O–H groups in total. The van der Waals surface area contributed by atoms with E-state index in [0.717, 1.165) is 21.2 Å². The second-order valence-electron chi connectivity index (χ2n) is 5.41. The standard InChI is InChI=1S/C18H18BrNO3/c1-11-5-4-6-14(7-11)18(22)23-10-17(21)20-16-9-12(2)15(19)8-13(16)3/h4-9H,10H2,1-3H3,(H,20,21). The Bertz CT molecular complexity index is 756. The number of nitrogens with one attached hydrogen (secondary N) is 1. The number of anilines is 1. The lowest BCUT2D eigenvalue weighted by Crippen LogP contribution is -2.21. The van der Waals surface area contributed by atoms with E-state index in [1.165, 1.54) is 0 Å². The summed E-state index contributed by atoms with van der Waals surface area (Å²) < 4.78 is 6.04. The largest absolute Gasteiger partial charge is 0.452 e. The highest BCUT2D eigenvalue weighted by Crippen LogP contribution is 2.24. The first-order valence-electron chi connectivity index (χ1n) is 7.17. The molecule has 0 aromatic heterocycles. The van der Waals surface area contributed by atoms with Crippen molar-refractivity contribution < 1.29 is 14.3 Å². The SMILES string of the molecule is Cc1cccc(C(=O)OCC(=O)Nc2cc(C)c(Br)cc2C)c1. The highest BCUT2D eigenvalue weighted by atomic mass is 79.9. The van der Waals surface area contributed by atoms with Crippen molar-refractivity contribution in [2.45, 2.75) is 20.8 Å². The van der Waals surface area contributed by atoms with E-state index in [0.29, 0.717) is 11.3 Å². The van der Waals surface area contributed by atoms with E-state index in [4.69, 9.17) is 4.74 Å². The maximum Gasteiger partial charge on any atom is 0.338 e. The van der Waals surface area contributed by atoms with Crippen LogP contribution in [0.5, 0.6) is 0 Å². The van der Waals surface area contributed by atoms with Gasteiger partial charge in [-0.1, -0.05) is 33.6 Å². The zero-order valence-corrected chi connectivity index (χ0v) is 14.9. The molecule has 23 heavy (non-hydrogen) atoms. The van der Waals surface area contributed by atoms with E-state index in [-0.39, 0.29) is 12.5 Å². The molecule has 0 fully saturated rings.